The molecule has 0 saturated heterocycles. The summed E-state index contributed by atoms with van der Waals surface area (Å²) in [7, 11) is 0. The third-order valence-corrected chi connectivity index (χ3v) is 3.46. The maximum Gasteiger partial charge on any atom is 0.335 e. The Morgan fingerprint density at radius 3 is 2.46 bits per heavy atom. The standard InChI is InChI=1S/C17H13ClF2N2O4/c18-10-5-9(17(25)26)6-12(7-10)22-15(23)3-4-21-16(24)13-2-1-11(19)8-14(13)20/h1-2,5-8H,3-4H2,(H,21,24)(H,22,23)(H,25,26). The SMILES string of the molecule is O=C(CCNC(=O)c1ccc(F)cc1F)Nc1cc(Cl)cc(C(=O)O)c1. The predicted molar refractivity (Wildman–Crippen MR) is 90.3 cm³/mol. The number of halogens is 3. The zero-order valence-corrected chi connectivity index (χ0v) is 13.9. The van der Waals surface area contributed by atoms with Gasteiger partial charge in [-0.3, -0.25) is 9.59 Å². The smallest absolute Gasteiger partial charge is 0.335 e. The molecule has 0 saturated carbocycles. The molecule has 2 aromatic rings. The lowest BCUT2D eigenvalue weighted by Crippen LogP contribution is -2.28. The van der Waals surface area contributed by atoms with Gasteiger partial charge < -0.3 is 15.7 Å². The van der Waals surface area contributed by atoms with Crippen molar-refractivity contribution in [2.75, 3.05) is 11.9 Å². The van der Waals surface area contributed by atoms with Crippen LogP contribution < -0.4 is 10.6 Å². The molecule has 0 atom stereocenters. The highest BCUT2D eigenvalue weighted by atomic mass is 35.5. The van der Waals surface area contributed by atoms with Gasteiger partial charge in [-0.25, -0.2) is 13.6 Å². The van der Waals surface area contributed by atoms with Gasteiger partial charge in [0.2, 0.25) is 5.91 Å². The number of carbonyl (C=O) groups excluding carboxylic acids is 2. The van der Waals surface area contributed by atoms with E-state index >= 15 is 0 Å². The molecule has 0 aliphatic rings. The minimum Gasteiger partial charge on any atom is -0.478 e. The molecule has 9 heteroatoms. The summed E-state index contributed by atoms with van der Waals surface area (Å²) in [5, 5.41) is 13.9. The number of carboxylic acids is 1. The fraction of sp³-hybridized carbons (Fsp3) is 0.118. The average molecular weight is 383 g/mol. The molecule has 0 aromatic heterocycles. The van der Waals surface area contributed by atoms with Crippen LogP contribution in [0.4, 0.5) is 14.5 Å². The second kappa shape index (κ2) is 8.39. The summed E-state index contributed by atoms with van der Waals surface area (Å²) in [6, 6.07) is 6.37. The number of aromatic carboxylic acids is 1. The van der Waals surface area contributed by atoms with Crippen molar-refractivity contribution in [2.24, 2.45) is 0 Å². The van der Waals surface area contributed by atoms with Crippen LogP contribution in [0.3, 0.4) is 0 Å². The minimum atomic E-state index is -1.20. The van der Waals surface area contributed by atoms with Crippen molar-refractivity contribution in [1.29, 1.82) is 0 Å². The largest absolute Gasteiger partial charge is 0.478 e. The Kier molecular flexibility index (Phi) is 6.24. The van der Waals surface area contributed by atoms with E-state index in [2.05, 4.69) is 10.6 Å². The number of hydrogen-bond donors (Lipinski definition) is 3. The van der Waals surface area contributed by atoms with Gasteiger partial charge in [-0.05, 0) is 30.3 Å². The quantitative estimate of drug-likeness (QED) is 0.715. The molecule has 2 amide bonds. The fourth-order valence-electron chi connectivity index (χ4n) is 2.07. The molecule has 2 aromatic carbocycles. The number of rotatable bonds is 6. The summed E-state index contributed by atoms with van der Waals surface area (Å²) in [4.78, 5) is 34.6. The Labute approximate surface area is 151 Å². The Morgan fingerprint density at radius 2 is 1.81 bits per heavy atom. The molecule has 26 heavy (non-hydrogen) atoms. The van der Waals surface area contributed by atoms with Crippen LogP contribution in [0.25, 0.3) is 0 Å². The predicted octanol–water partition coefficient (Wildman–Crippen LogP) is 3.08. The summed E-state index contributed by atoms with van der Waals surface area (Å²) in [6.07, 6.45) is -0.149. The van der Waals surface area contributed by atoms with E-state index in [0.29, 0.717) is 6.07 Å². The van der Waals surface area contributed by atoms with E-state index in [9.17, 15) is 23.2 Å². The molecule has 2 rings (SSSR count). The molecule has 0 radical (unpaired) electrons. The van der Waals surface area contributed by atoms with E-state index in [0.717, 1.165) is 12.1 Å². The van der Waals surface area contributed by atoms with Crippen molar-refractivity contribution in [1.82, 2.24) is 5.32 Å². The number of carboxylic acid groups (broad SMARTS) is 1. The van der Waals surface area contributed by atoms with Gasteiger partial charge in [0, 0.05) is 29.7 Å². The number of amides is 2. The molecule has 6 nitrogen and oxygen atoms in total. The first kappa shape index (κ1) is 19.3. The van der Waals surface area contributed by atoms with Gasteiger partial charge in [0.25, 0.3) is 5.91 Å². The second-order valence-corrected chi connectivity index (χ2v) is 5.65. The first-order chi connectivity index (χ1) is 12.3. The van der Waals surface area contributed by atoms with Crippen molar-refractivity contribution in [3.05, 3.63) is 64.2 Å². The summed E-state index contributed by atoms with van der Waals surface area (Å²) >= 11 is 5.78. The van der Waals surface area contributed by atoms with Crippen LogP contribution in [0.2, 0.25) is 5.02 Å². The normalized spacial score (nSPS) is 10.3. The first-order valence-electron chi connectivity index (χ1n) is 7.33. The van der Waals surface area contributed by atoms with Gasteiger partial charge in [-0.1, -0.05) is 11.6 Å². The highest BCUT2D eigenvalue weighted by molar-refractivity contribution is 6.31. The van der Waals surface area contributed by atoms with E-state index in [-0.39, 0.29) is 34.8 Å². The van der Waals surface area contributed by atoms with Gasteiger partial charge in [0.1, 0.15) is 11.6 Å². The Bertz CT molecular complexity index is 874. The van der Waals surface area contributed by atoms with E-state index in [4.69, 9.17) is 16.7 Å². The zero-order valence-electron chi connectivity index (χ0n) is 13.2. The fourth-order valence-corrected chi connectivity index (χ4v) is 2.30. The number of carbonyl (C=O) groups is 3. The van der Waals surface area contributed by atoms with Gasteiger partial charge in [-0.2, -0.15) is 0 Å². The number of anilines is 1. The maximum absolute atomic E-state index is 13.5. The summed E-state index contributed by atoms with van der Waals surface area (Å²) in [5.74, 6) is -4.31. The van der Waals surface area contributed by atoms with Crippen molar-refractivity contribution in [2.45, 2.75) is 6.42 Å². The molecule has 0 spiro atoms. The molecule has 0 unspecified atom stereocenters. The molecule has 3 N–H and O–H groups in total. The van der Waals surface area contributed by atoms with Crippen molar-refractivity contribution in [3.8, 4) is 0 Å². The van der Waals surface area contributed by atoms with Crippen LogP contribution in [-0.2, 0) is 4.79 Å². The van der Waals surface area contributed by atoms with Crippen LogP contribution >= 0.6 is 11.6 Å². The molecular weight excluding hydrogens is 370 g/mol. The zero-order chi connectivity index (χ0) is 19.3. The highest BCUT2D eigenvalue weighted by Gasteiger charge is 2.13. The maximum atomic E-state index is 13.5. The monoisotopic (exact) mass is 382 g/mol. The summed E-state index contributed by atoms with van der Waals surface area (Å²) in [6.45, 7) is -0.103. The van der Waals surface area contributed by atoms with Gasteiger partial charge >= 0.3 is 5.97 Å². The third-order valence-electron chi connectivity index (χ3n) is 3.24. The number of benzene rings is 2. The molecule has 0 aliphatic heterocycles. The van der Waals surface area contributed by atoms with Crippen LogP contribution in [0.5, 0.6) is 0 Å². The molecule has 0 heterocycles. The van der Waals surface area contributed by atoms with E-state index in [1.807, 2.05) is 0 Å². The summed E-state index contributed by atoms with van der Waals surface area (Å²) in [5.41, 5.74) is -0.239. The van der Waals surface area contributed by atoms with Crippen LogP contribution in [0.15, 0.2) is 36.4 Å². The molecular formula is C17H13ClF2N2O4. The van der Waals surface area contributed by atoms with Gasteiger partial charge in [-0.15, -0.1) is 0 Å². The number of nitrogens with one attached hydrogen (secondary N) is 2. The first-order valence-corrected chi connectivity index (χ1v) is 7.71. The van der Waals surface area contributed by atoms with Crippen LogP contribution in [-0.4, -0.2) is 29.4 Å². The average Bonchev–Trinajstić information content (AvgIpc) is 2.53. The third kappa shape index (κ3) is 5.25. The number of hydrogen-bond acceptors (Lipinski definition) is 3. The lowest BCUT2D eigenvalue weighted by atomic mass is 10.2. The van der Waals surface area contributed by atoms with Gasteiger partial charge in [0.15, 0.2) is 0 Å². The van der Waals surface area contributed by atoms with E-state index in [1.165, 1.54) is 18.2 Å². The van der Waals surface area contributed by atoms with Crippen molar-refractivity contribution in [3.63, 3.8) is 0 Å². The molecule has 136 valence electrons. The van der Waals surface area contributed by atoms with E-state index < -0.39 is 29.4 Å². The second-order valence-electron chi connectivity index (χ2n) is 5.21. The van der Waals surface area contributed by atoms with Gasteiger partial charge in [0.05, 0.1) is 11.1 Å². The molecule has 0 fully saturated rings. The Hall–Kier alpha value is -3.00. The van der Waals surface area contributed by atoms with Crippen LogP contribution in [0, 0.1) is 11.6 Å². The Balaban J connectivity index is 1.89. The molecule has 0 bridgehead atoms. The van der Waals surface area contributed by atoms with Crippen LogP contribution in [0.1, 0.15) is 27.1 Å². The van der Waals surface area contributed by atoms with Crippen molar-refractivity contribution < 1.29 is 28.3 Å². The summed E-state index contributed by atoms with van der Waals surface area (Å²) < 4.78 is 26.3. The topological polar surface area (TPSA) is 95.5 Å². The lowest BCUT2D eigenvalue weighted by Gasteiger charge is -2.08. The van der Waals surface area contributed by atoms with E-state index in [1.54, 1.807) is 0 Å². The highest BCUT2D eigenvalue weighted by Crippen LogP contribution is 2.19. The molecule has 0 aliphatic carbocycles. The Morgan fingerprint density at radius 1 is 1.08 bits per heavy atom. The van der Waals surface area contributed by atoms with Crippen molar-refractivity contribution >= 4 is 35.1 Å². The minimum absolute atomic E-state index is 0.0899. The lowest BCUT2D eigenvalue weighted by molar-refractivity contribution is -0.116.